The zero-order chi connectivity index (χ0) is 13.9. The maximum atomic E-state index is 11.4. The maximum absolute atomic E-state index is 11.4. The molecule has 0 unspecified atom stereocenters. The van der Waals surface area contributed by atoms with E-state index in [9.17, 15) is 4.79 Å². The minimum Gasteiger partial charge on any atom is -0.310 e. The first-order chi connectivity index (χ1) is 9.72. The number of hydrogen-bond donors (Lipinski definition) is 1. The van der Waals surface area contributed by atoms with E-state index >= 15 is 0 Å². The van der Waals surface area contributed by atoms with Crippen LogP contribution in [0.25, 0.3) is 12.2 Å². The number of rotatable bonds is 2. The van der Waals surface area contributed by atoms with Crippen LogP contribution in [0, 0.1) is 0 Å². The summed E-state index contributed by atoms with van der Waals surface area (Å²) in [5.74, 6) is 0.971. The summed E-state index contributed by atoms with van der Waals surface area (Å²) < 4.78 is 0. The smallest absolute Gasteiger partial charge is 0.225 e. The van der Waals surface area contributed by atoms with Crippen LogP contribution in [0.5, 0.6) is 0 Å². The van der Waals surface area contributed by atoms with E-state index in [1.165, 1.54) is 0 Å². The molecule has 2 heterocycles. The number of amides is 1. The first-order valence-corrected chi connectivity index (χ1v) is 6.69. The van der Waals surface area contributed by atoms with E-state index in [-0.39, 0.29) is 5.91 Å². The second-order valence-electron chi connectivity index (χ2n) is 4.49. The highest BCUT2D eigenvalue weighted by Gasteiger charge is 2.20. The van der Waals surface area contributed by atoms with Crippen molar-refractivity contribution in [3.63, 3.8) is 0 Å². The molecule has 4 nitrogen and oxygen atoms in total. The van der Waals surface area contributed by atoms with E-state index in [2.05, 4.69) is 15.3 Å². The number of aromatic nitrogens is 2. The molecule has 0 radical (unpaired) electrons. The molecule has 3 rings (SSSR count). The summed E-state index contributed by atoms with van der Waals surface area (Å²) in [5.41, 5.74) is 1.86. The molecule has 2 aromatic rings. The fourth-order valence-corrected chi connectivity index (χ4v) is 2.31. The quantitative estimate of drug-likeness (QED) is 0.862. The van der Waals surface area contributed by atoms with Crippen molar-refractivity contribution in [1.82, 2.24) is 9.97 Å². The van der Waals surface area contributed by atoms with Crippen molar-refractivity contribution in [1.29, 1.82) is 0 Å². The monoisotopic (exact) mass is 285 g/mol. The minimum absolute atomic E-state index is 0.0368. The van der Waals surface area contributed by atoms with Crippen LogP contribution in [0.2, 0.25) is 5.15 Å². The molecule has 1 aromatic heterocycles. The highest BCUT2D eigenvalue weighted by Crippen LogP contribution is 2.26. The lowest BCUT2D eigenvalue weighted by molar-refractivity contribution is -0.116. The van der Waals surface area contributed by atoms with Crippen molar-refractivity contribution in [2.45, 2.75) is 12.8 Å². The third-order valence-electron chi connectivity index (χ3n) is 3.06. The second-order valence-corrected chi connectivity index (χ2v) is 4.85. The molecule has 0 aliphatic carbocycles. The molecule has 1 aliphatic rings. The molecule has 0 saturated heterocycles. The zero-order valence-electron chi connectivity index (χ0n) is 10.6. The van der Waals surface area contributed by atoms with Crippen LogP contribution in [0.3, 0.4) is 0 Å². The number of nitrogens with zero attached hydrogens (tertiary/aromatic N) is 2. The molecular formula is C15H12ClN3O. The van der Waals surface area contributed by atoms with Crippen LogP contribution < -0.4 is 5.32 Å². The summed E-state index contributed by atoms with van der Waals surface area (Å²) in [5, 5.41) is 3.14. The van der Waals surface area contributed by atoms with Gasteiger partial charge in [-0.25, -0.2) is 9.97 Å². The van der Waals surface area contributed by atoms with Crippen molar-refractivity contribution in [3.05, 3.63) is 52.4 Å². The van der Waals surface area contributed by atoms with Gasteiger partial charge < -0.3 is 5.32 Å². The van der Waals surface area contributed by atoms with Gasteiger partial charge in [-0.15, -0.1) is 0 Å². The minimum atomic E-state index is -0.0368. The zero-order valence-corrected chi connectivity index (χ0v) is 11.4. The molecule has 0 fully saturated rings. The topological polar surface area (TPSA) is 54.9 Å². The Morgan fingerprint density at radius 3 is 2.70 bits per heavy atom. The molecule has 5 heteroatoms. The average molecular weight is 286 g/mol. The van der Waals surface area contributed by atoms with Crippen LogP contribution in [0.1, 0.15) is 23.4 Å². The Hall–Kier alpha value is -2.20. The number of carbonyl (C=O) groups excluding carboxylic acids is 1. The summed E-state index contributed by atoms with van der Waals surface area (Å²) in [6, 6.07) is 9.84. The Kier molecular flexibility index (Phi) is 3.48. The van der Waals surface area contributed by atoms with Gasteiger partial charge in [-0.05, 0) is 18.1 Å². The lowest BCUT2D eigenvalue weighted by atomic mass is 10.1. The van der Waals surface area contributed by atoms with Crippen LogP contribution >= 0.6 is 11.6 Å². The van der Waals surface area contributed by atoms with E-state index in [0.717, 1.165) is 11.1 Å². The number of benzene rings is 1. The van der Waals surface area contributed by atoms with Gasteiger partial charge in [0.1, 0.15) is 11.0 Å². The summed E-state index contributed by atoms with van der Waals surface area (Å²) in [7, 11) is 0. The van der Waals surface area contributed by atoms with Crippen molar-refractivity contribution in [2.24, 2.45) is 0 Å². The van der Waals surface area contributed by atoms with E-state index < -0.39 is 0 Å². The van der Waals surface area contributed by atoms with Gasteiger partial charge in [-0.3, -0.25) is 4.79 Å². The highest BCUT2D eigenvalue weighted by atomic mass is 35.5. The number of fused-ring (bicyclic) bond motifs is 1. The third kappa shape index (κ3) is 2.70. The van der Waals surface area contributed by atoms with Gasteiger partial charge >= 0.3 is 0 Å². The summed E-state index contributed by atoms with van der Waals surface area (Å²) >= 11 is 6.14. The first kappa shape index (κ1) is 12.8. The average Bonchev–Trinajstić information content (AvgIpc) is 2.46. The molecule has 1 aromatic carbocycles. The van der Waals surface area contributed by atoms with Gasteiger partial charge in [-0.2, -0.15) is 0 Å². The van der Waals surface area contributed by atoms with Gasteiger partial charge in [0.15, 0.2) is 5.82 Å². The van der Waals surface area contributed by atoms with Gasteiger partial charge in [0.25, 0.3) is 0 Å². The fourth-order valence-electron chi connectivity index (χ4n) is 2.04. The Bertz CT molecular complexity index is 683. The van der Waals surface area contributed by atoms with Gasteiger partial charge in [0.05, 0.1) is 0 Å². The van der Waals surface area contributed by atoms with Gasteiger partial charge in [0.2, 0.25) is 5.91 Å². The molecule has 100 valence electrons. The molecule has 0 saturated carbocycles. The third-order valence-corrected chi connectivity index (χ3v) is 3.37. The Morgan fingerprint density at radius 2 is 1.90 bits per heavy atom. The van der Waals surface area contributed by atoms with Gasteiger partial charge in [-0.1, -0.05) is 48.0 Å². The normalized spacial score (nSPS) is 14.2. The molecule has 1 amide bonds. The van der Waals surface area contributed by atoms with Crippen LogP contribution in [-0.2, 0) is 11.2 Å². The summed E-state index contributed by atoms with van der Waals surface area (Å²) in [4.78, 5) is 20.0. The molecule has 0 atom stereocenters. The summed E-state index contributed by atoms with van der Waals surface area (Å²) in [6.07, 6.45) is 4.70. The SMILES string of the molecule is O=C1CCc2c(Cl)nc(C=Cc3ccccc3)nc2N1. The molecule has 1 N–H and O–H groups in total. The van der Waals surface area contributed by atoms with Gasteiger partial charge in [0, 0.05) is 12.0 Å². The number of anilines is 1. The van der Waals surface area contributed by atoms with Crippen molar-refractivity contribution in [2.75, 3.05) is 5.32 Å². The number of carbonyl (C=O) groups is 1. The second kappa shape index (κ2) is 5.43. The largest absolute Gasteiger partial charge is 0.310 e. The maximum Gasteiger partial charge on any atom is 0.225 e. The van der Waals surface area contributed by atoms with E-state index in [0.29, 0.717) is 29.6 Å². The molecule has 1 aliphatic heterocycles. The lowest BCUT2D eigenvalue weighted by Crippen LogP contribution is -2.21. The van der Waals surface area contributed by atoms with E-state index in [4.69, 9.17) is 11.6 Å². The Morgan fingerprint density at radius 1 is 1.10 bits per heavy atom. The van der Waals surface area contributed by atoms with Crippen LogP contribution in [-0.4, -0.2) is 15.9 Å². The predicted molar refractivity (Wildman–Crippen MR) is 79.4 cm³/mol. The van der Waals surface area contributed by atoms with Crippen molar-refractivity contribution in [3.8, 4) is 0 Å². The first-order valence-electron chi connectivity index (χ1n) is 6.32. The van der Waals surface area contributed by atoms with E-state index in [1.807, 2.05) is 36.4 Å². The summed E-state index contributed by atoms with van der Waals surface area (Å²) in [6.45, 7) is 0. The fraction of sp³-hybridized carbons (Fsp3) is 0.133. The molecular weight excluding hydrogens is 274 g/mol. The Labute approximate surface area is 121 Å². The molecule has 0 bridgehead atoms. The standard InChI is InChI=1S/C15H12ClN3O/c16-14-11-7-9-13(20)19-15(11)18-12(17-14)8-6-10-4-2-1-3-5-10/h1-6,8H,7,9H2,(H,17,18,19,20). The van der Waals surface area contributed by atoms with Crippen molar-refractivity contribution < 1.29 is 4.79 Å². The predicted octanol–water partition coefficient (Wildman–Crippen LogP) is 3.19. The molecule has 0 spiro atoms. The highest BCUT2D eigenvalue weighted by molar-refractivity contribution is 6.30. The number of nitrogens with one attached hydrogen (secondary N) is 1. The lowest BCUT2D eigenvalue weighted by Gasteiger charge is -2.16. The molecule has 20 heavy (non-hydrogen) atoms. The van der Waals surface area contributed by atoms with Crippen LogP contribution in [0.15, 0.2) is 30.3 Å². The number of halogens is 1. The van der Waals surface area contributed by atoms with Crippen LogP contribution in [0.4, 0.5) is 5.82 Å². The van der Waals surface area contributed by atoms with E-state index in [1.54, 1.807) is 6.08 Å². The Balaban J connectivity index is 1.91. The number of hydrogen-bond acceptors (Lipinski definition) is 3. The van der Waals surface area contributed by atoms with Crippen molar-refractivity contribution >= 4 is 35.5 Å².